The number of fused-ring (bicyclic) bond motifs is 1. The molecule has 0 fully saturated rings. The van der Waals surface area contributed by atoms with Crippen molar-refractivity contribution in [3.8, 4) is 0 Å². The van der Waals surface area contributed by atoms with Crippen molar-refractivity contribution in [2.45, 2.75) is 45.8 Å². The molecule has 19 heavy (non-hydrogen) atoms. The summed E-state index contributed by atoms with van der Waals surface area (Å²) in [7, 11) is 0. The Hall–Kier alpha value is -0.793. The molecule has 0 amide bonds. The molecule has 0 radical (unpaired) electrons. The Kier molecular flexibility index (Phi) is 6.31. The molecule has 2 heterocycles. The van der Waals surface area contributed by atoms with Crippen molar-refractivity contribution in [1.29, 1.82) is 0 Å². The van der Waals surface area contributed by atoms with Crippen LogP contribution >= 0.6 is 0 Å². The van der Waals surface area contributed by atoms with Crippen LogP contribution in [0.2, 0.25) is 0 Å². The van der Waals surface area contributed by atoms with Crippen LogP contribution in [0.15, 0.2) is 24.5 Å². The zero-order valence-corrected chi connectivity index (χ0v) is 12.5. The van der Waals surface area contributed by atoms with Gasteiger partial charge in [0.1, 0.15) is 0 Å². The van der Waals surface area contributed by atoms with Crippen LogP contribution in [0.1, 0.15) is 33.3 Å². The minimum absolute atomic E-state index is 0. The molecule has 0 aromatic carbocycles. The van der Waals surface area contributed by atoms with Crippen molar-refractivity contribution in [2.24, 2.45) is 0 Å². The monoisotopic (exact) mass is 254 g/mol. The first-order valence-corrected chi connectivity index (χ1v) is 5.84. The van der Waals surface area contributed by atoms with Crippen molar-refractivity contribution in [2.75, 3.05) is 0 Å². The number of nitrogens with zero attached hydrogens (tertiary/aromatic N) is 2. The molecule has 0 saturated heterocycles. The Morgan fingerprint density at radius 2 is 1.68 bits per heavy atom. The predicted molar refractivity (Wildman–Crippen MR) is 66.9 cm³/mol. The second kappa shape index (κ2) is 6.58. The van der Waals surface area contributed by atoms with E-state index in [4.69, 9.17) is 0 Å². The standard InChI is InChI=1S/C8H7N2.C6H12O2.Li/c1-7-2-3-8-4-5-9-10(8)6-7;1-5(2,7)6(3,4)8;/h3-6H,1H3;1-4H3;/q-1;-2;+1. The Balaban J connectivity index is 0.000000335. The van der Waals surface area contributed by atoms with Gasteiger partial charge in [0.25, 0.3) is 0 Å². The molecule has 0 saturated carbocycles. The van der Waals surface area contributed by atoms with Gasteiger partial charge >= 0.3 is 18.9 Å². The second-order valence-corrected chi connectivity index (χ2v) is 5.32. The molecule has 2 aromatic heterocycles. The molecule has 0 unspecified atom stereocenters. The van der Waals surface area contributed by atoms with Crippen LogP contribution < -0.4 is 29.1 Å². The zero-order chi connectivity index (χ0) is 14.0. The van der Waals surface area contributed by atoms with E-state index in [0.29, 0.717) is 0 Å². The average molecular weight is 254 g/mol. The van der Waals surface area contributed by atoms with E-state index < -0.39 is 11.2 Å². The summed E-state index contributed by atoms with van der Waals surface area (Å²) in [6.45, 7) is 7.61. The molecule has 0 N–H and O–H groups in total. The summed E-state index contributed by atoms with van der Waals surface area (Å²) in [6, 6.07) is 6.99. The van der Waals surface area contributed by atoms with Gasteiger partial charge in [0.05, 0.1) is 0 Å². The topological polar surface area (TPSA) is 63.4 Å². The molecule has 0 aliphatic carbocycles. The van der Waals surface area contributed by atoms with Crippen LogP contribution in [-0.4, -0.2) is 20.8 Å². The van der Waals surface area contributed by atoms with E-state index in [1.54, 1.807) is 6.20 Å². The maximum Gasteiger partial charge on any atom is 1.00 e. The fraction of sp³-hybridized carbons (Fsp3) is 0.500. The Morgan fingerprint density at radius 3 is 2.16 bits per heavy atom. The van der Waals surface area contributed by atoms with E-state index in [1.165, 1.54) is 27.7 Å². The number of hydrogen-bond acceptors (Lipinski definition) is 3. The van der Waals surface area contributed by atoms with Gasteiger partial charge in [-0.05, 0) is 5.52 Å². The van der Waals surface area contributed by atoms with E-state index in [2.05, 4.69) is 11.2 Å². The summed E-state index contributed by atoms with van der Waals surface area (Å²) >= 11 is 0. The summed E-state index contributed by atoms with van der Waals surface area (Å²) in [5.74, 6) is 0. The first-order chi connectivity index (χ1) is 8.11. The van der Waals surface area contributed by atoms with Gasteiger partial charge in [-0.25, -0.2) is 5.10 Å². The van der Waals surface area contributed by atoms with Gasteiger partial charge in [0.2, 0.25) is 0 Å². The third-order valence-corrected chi connectivity index (χ3v) is 2.91. The van der Waals surface area contributed by atoms with Gasteiger partial charge < -0.3 is 14.7 Å². The number of hydrogen-bond donors (Lipinski definition) is 0. The van der Waals surface area contributed by atoms with E-state index in [-0.39, 0.29) is 18.9 Å². The third kappa shape index (κ3) is 5.38. The van der Waals surface area contributed by atoms with Gasteiger partial charge in [-0.1, -0.05) is 46.9 Å². The Morgan fingerprint density at radius 1 is 1.16 bits per heavy atom. The van der Waals surface area contributed by atoms with Crippen molar-refractivity contribution >= 4 is 5.52 Å². The molecular weight excluding hydrogens is 235 g/mol. The van der Waals surface area contributed by atoms with Crippen LogP contribution in [0.5, 0.6) is 0 Å². The van der Waals surface area contributed by atoms with E-state index in [1.807, 2.05) is 29.8 Å². The predicted octanol–water partition coefficient (Wildman–Crippen LogP) is -2.29. The normalized spacial score (nSPS) is 11.5. The summed E-state index contributed by atoms with van der Waals surface area (Å²) in [5.41, 5.74) is -0.540. The van der Waals surface area contributed by atoms with Crippen molar-refractivity contribution in [1.82, 2.24) is 9.61 Å². The fourth-order valence-electron chi connectivity index (χ4n) is 0.955. The molecule has 0 aliphatic rings. The molecular formula is C14H19LiN2O2-2. The molecule has 100 valence electrons. The molecule has 0 bridgehead atoms. The van der Waals surface area contributed by atoms with E-state index >= 15 is 0 Å². The van der Waals surface area contributed by atoms with Crippen molar-refractivity contribution in [3.63, 3.8) is 0 Å². The Labute approximate surface area is 126 Å². The van der Waals surface area contributed by atoms with Gasteiger partial charge in [-0.3, -0.25) is 0 Å². The Bertz CT molecular complexity index is 498. The molecule has 5 heteroatoms. The van der Waals surface area contributed by atoms with Crippen LogP contribution in [-0.2, 0) is 0 Å². The first-order valence-electron chi connectivity index (χ1n) is 5.84. The van der Waals surface area contributed by atoms with Crippen LogP contribution in [0.3, 0.4) is 0 Å². The molecule has 2 aromatic rings. The maximum atomic E-state index is 10.8. The zero-order valence-electron chi connectivity index (χ0n) is 12.5. The van der Waals surface area contributed by atoms with Gasteiger partial charge in [0, 0.05) is 6.20 Å². The number of pyridine rings is 1. The third-order valence-electron chi connectivity index (χ3n) is 2.91. The molecule has 0 atom stereocenters. The second-order valence-electron chi connectivity index (χ2n) is 5.32. The molecule has 0 spiro atoms. The van der Waals surface area contributed by atoms with Crippen LogP contribution in [0, 0.1) is 13.0 Å². The van der Waals surface area contributed by atoms with Crippen molar-refractivity contribution < 1.29 is 29.1 Å². The maximum absolute atomic E-state index is 10.8. The summed E-state index contributed by atoms with van der Waals surface area (Å²) in [4.78, 5) is 0. The number of rotatable bonds is 1. The van der Waals surface area contributed by atoms with Crippen LogP contribution in [0.4, 0.5) is 0 Å². The minimum atomic E-state index is -1.37. The first kappa shape index (κ1) is 18.2. The summed E-state index contributed by atoms with van der Waals surface area (Å²) in [5, 5.41) is 25.7. The average Bonchev–Trinajstić information content (AvgIpc) is 2.62. The molecule has 2 rings (SSSR count). The van der Waals surface area contributed by atoms with Crippen molar-refractivity contribution in [3.05, 3.63) is 36.2 Å². The summed E-state index contributed by atoms with van der Waals surface area (Å²) in [6.07, 6.45) is 3.73. The van der Waals surface area contributed by atoms with Gasteiger partial charge in [-0.2, -0.15) is 12.1 Å². The smallest absolute Gasteiger partial charge is 0.850 e. The van der Waals surface area contributed by atoms with Gasteiger partial charge in [-0.15, -0.1) is 16.8 Å². The van der Waals surface area contributed by atoms with E-state index in [9.17, 15) is 10.2 Å². The van der Waals surface area contributed by atoms with Crippen LogP contribution in [0.25, 0.3) is 5.52 Å². The number of aromatic nitrogens is 2. The largest absolute Gasteiger partial charge is 1.00 e. The van der Waals surface area contributed by atoms with E-state index in [0.717, 1.165) is 11.1 Å². The van der Waals surface area contributed by atoms with Gasteiger partial charge in [0.15, 0.2) is 0 Å². The quantitative estimate of drug-likeness (QED) is 0.425. The number of aryl methyl sites for hydroxylation is 1. The minimum Gasteiger partial charge on any atom is -0.850 e. The fourth-order valence-corrected chi connectivity index (χ4v) is 0.955. The molecule has 0 aliphatic heterocycles. The summed E-state index contributed by atoms with van der Waals surface area (Å²) < 4.78 is 1.84. The SMILES string of the molecule is CC(C)([O-])C(C)(C)[O-].Cc1[c-]cc2ccnn2c1.[Li+]. The molecule has 4 nitrogen and oxygen atoms in total.